The summed E-state index contributed by atoms with van der Waals surface area (Å²) in [5.41, 5.74) is 0.632. The van der Waals surface area contributed by atoms with Crippen LogP contribution in [0.4, 0.5) is 0 Å². The first-order chi connectivity index (χ1) is 14.5. The Hall–Kier alpha value is -3.19. The van der Waals surface area contributed by atoms with Crippen LogP contribution in [0.25, 0.3) is 10.9 Å². The first kappa shape index (κ1) is 21.5. The number of rotatable bonds is 9. The number of nitrogens with zero attached hydrogens (tertiary/aromatic N) is 2. The number of amides is 1. The van der Waals surface area contributed by atoms with Crippen LogP contribution in [0, 0.1) is 0 Å². The summed E-state index contributed by atoms with van der Waals surface area (Å²) in [4.78, 5) is 41.5. The van der Waals surface area contributed by atoms with E-state index in [2.05, 4.69) is 41.2 Å². The molecule has 1 atom stereocenters. The van der Waals surface area contributed by atoms with Gasteiger partial charge in [-0.3, -0.25) is 24.0 Å². The van der Waals surface area contributed by atoms with Crippen molar-refractivity contribution in [1.29, 1.82) is 0 Å². The molecule has 0 fully saturated rings. The van der Waals surface area contributed by atoms with Gasteiger partial charge in [-0.25, -0.2) is 4.79 Å². The Bertz CT molecular complexity index is 1100. The first-order valence-corrected chi connectivity index (χ1v) is 10.3. The zero-order chi connectivity index (χ0) is 21.5. The Morgan fingerprint density at radius 3 is 2.40 bits per heavy atom. The van der Waals surface area contributed by atoms with Crippen molar-refractivity contribution < 1.29 is 4.79 Å². The van der Waals surface area contributed by atoms with Gasteiger partial charge in [-0.1, -0.05) is 56.3 Å². The summed E-state index contributed by atoms with van der Waals surface area (Å²) in [7, 11) is 0. The average Bonchev–Trinajstić information content (AvgIpc) is 2.76. The molecule has 0 saturated heterocycles. The number of aromatic amines is 1. The number of aromatic nitrogens is 2. The van der Waals surface area contributed by atoms with Crippen molar-refractivity contribution in [3.05, 3.63) is 81.0 Å². The highest BCUT2D eigenvalue weighted by Crippen LogP contribution is 2.09. The molecule has 1 heterocycles. The van der Waals surface area contributed by atoms with E-state index >= 15 is 0 Å². The number of hydrogen-bond donors (Lipinski definition) is 2. The largest absolute Gasteiger partial charge is 0.353 e. The van der Waals surface area contributed by atoms with Gasteiger partial charge in [0.15, 0.2) is 0 Å². The smallest absolute Gasteiger partial charge is 0.329 e. The Morgan fingerprint density at radius 2 is 1.70 bits per heavy atom. The van der Waals surface area contributed by atoms with E-state index in [9.17, 15) is 14.4 Å². The summed E-state index contributed by atoms with van der Waals surface area (Å²) in [5, 5.41) is 3.36. The normalized spacial score (nSPS) is 12.2. The zero-order valence-electron chi connectivity index (χ0n) is 17.4. The van der Waals surface area contributed by atoms with Crippen LogP contribution < -0.4 is 16.6 Å². The maximum atomic E-state index is 12.7. The van der Waals surface area contributed by atoms with Crippen molar-refractivity contribution >= 4 is 16.8 Å². The van der Waals surface area contributed by atoms with E-state index in [1.807, 2.05) is 18.2 Å². The lowest BCUT2D eigenvalue weighted by molar-refractivity contribution is -0.121. The van der Waals surface area contributed by atoms with Gasteiger partial charge in [0.05, 0.1) is 10.9 Å². The van der Waals surface area contributed by atoms with E-state index in [0.717, 1.165) is 19.5 Å². The number of carbonyl (C=O) groups excluding carboxylic acids is 1. The number of carbonyl (C=O) groups is 1. The second-order valence-electron chi connectivity index (χ2n) is 7.23. The fraction of sp³-hybridized carbons (Fsp3) is 0.348. The minimum absolute atomic E-state index is 0.146. The quantitative estimate of drug-likeness (QED) is 0.565. The van der Waals surface area contributed by atoms with Crippen molar-refractivity contribution in [3.63, 3.8) is 0 Å². The van der Waals surface area contributed by atoms with Crippen molar-refractivity contribution in [1.82, 2.24) is 19.8 Å². The second kappa shape index (κ2) is 10.0. The topological polar surface area (TPSA) is 87.2 Å². The molecule has 30 heavy (non-hydrogen) atoms. The SMILES string of the molecule is CCN(CC)[C@@H](CNC(=O)Cn1c(=O)[nH]c(=O)c2ccccc21)Cc1ccccc1. The third-order valence-electron chi connectivity index (χ3n) is 5.38. The predicted octanol–water partition coefficient (Wildman–Crippen LogP) is 1.76. The molecule has 0 aliphatic rings. The molecule has 2 aromatic carbocycles. The molecule has 1 amide bonds. The minimum atomic E-state index is -0.585. The Morgan fingerprint density at radius 1 is 1.03 bits per heavy atom. The Kier molecular flexibility index (Phi) is 7.19. The van der Waals surface area contributed by atoms with Crippen LogP contribution in [0.5, 0.6) is 0 Å². The van der Waals surface area contributed by atoms with Crippen molar-refractivity contribution in [2.24, 2.45) is 0 Å². The molecular weight excluding hydrogens is 380 g/mol. The summed E-state index contributed by atoms with van der Waals surface area (Å²) >= 11 is 0. The number of benzene rings is 2. The maximum Gasteiger partial charge on any atom is 0.329 e. The standard InChI is InChI=1S/C23H28N4O3/c1-3-26(4-2)18(14-17-10-6-5-7-11-17)15-24-21(28)16-27-20-13-9-8-12-19(20)22(29)25-23(27)30/h5-13,18H,3-4,14-16H2,1-2H3,(H,24,28)(H,25,29,30)/t18-/m1/s1. The van der Waals surface area contributed by atoms with Gasteiger partial charge in [-0.05, 0) is 37.2 Å². The van der Waals surface area contributed by atoms with E-state index in [1.54, 1.807) is 24.3 Å². The maximum absolute atomic E-state index is 12.7. The molecule has 3 rings (SSSR count). The monoisotopic (exact) mass is 408 g/mol. The average molecular weight is 409 g/mol. The van der Waals surface area contributed by atoms with Gasteiger partial charge in [-0.15, -0.1) is 0 Å². The number of likely N-dealkylation sites (N-methyl/N-ethyl adjacent to an activating group) is 1. The molecule has 0 spiro atoms. The fourth-order valence-electron chi connectivity index (χ4n) is 3.79. The second-order valence-corrected chi connectivity index (χ2v) is 7.23. The number of hydrogen-bond acceptors (Lipinski definition) is 4. The van der Waals surface area contributed by atoms with Gasteiger partial charge in [0.2, 0.25) is 5.91 Å². The summed E-state index contributed by atoms with van der Waals surface area (Å²) in [6.07, 6.45) is 0.824. The van der Waals surface area contributed by atoms with Crippen LogP contribution >= 0.6 is 0 Å². The molecule has 158 valence electrons. The molecule has 0 bridgehead atoms. The number of para-hydroxylation sites is 1. The third kappa shape index (κ3) is 5.04. The lowest BCUT2D eigenvalue weighted by Gasteiger charge is -2.30. The van der Waals surface area contributed by atoms with Crippen molar-refractivity contribution in [2.75, 3.05) is 19.6 Å². The van der Waals surface area contributed by atoms with Gasteiger partial charge in [-0.2, -0.15) is 0 Å². The lowest BCUT2D eigenvalue weighted by atomic mass is 10.0. The first-order valence-electron chi connectivity index (χ1n) is 10.3. The highest BCUT2D eigenvalue weighted by Gasteiger charge is 2.18. The molecule has 7 nitrogen and oxygen atoms in total. The molecule has 1 aromatic heterocycles. The molecule has 0 aliphatic carbocycles. The van der Waals surface area contributed by atoms with Crippen LogP contribution in [-0.4, -0.2) is 46.0 Å². The highest BCUT2D eigenvalue weighted by atomic mass is 16.2. The molecule has 0 unspecified atom stereocenters. The zero-order valence-corrected chi connectivity index (χ0v) is 17.4. The molecule has 0 radical (unpaired) electrons. The third-order valence-corrected chi connectivity index (χ3v) is 5.38. The van der Waals surface area contributed by atoms with E-state index < -0.39 is 11.2 Å². The van der Waals surface area contributed by atoms with E-state index in [1.165, 1.54) is 10.1 Å². The van der Waals surface area contributed by atoms with Gasteiger partial charge in [0, 0.05) is 12.6 Å². The summed E-state index contributed by atoms with van der Waals surface area (Å²) in [6, 6.07) is 17.1. The summed E-state index contributed by atoms with van der Waals surface area (Å²) < 4.78 is 1.30. The van der Waals surface area contributed by atoms with E-state index in [4.69, 9.17) is 0 Å². The fourth-order valence-corrected chi connectivity index (χ4v) is 3.79. The van der Waals surface area contributed by atoms with Crippen molar-refractivity contribution in [2.45, 2.75) is 32.9 Å². The van der Waals surface area contributed by atoms with Crippen LogP contribution in [0.15, 0.2) is 64.2 Å². The Balaban J connectivity index is 1.74. The van der Waals surface area contributed by atoms with Crippen LogP contribution in [0.1, 0.15) is 19.4 Å². The predicted molar refractivity (Wildman–Crippen MR) is 119 cm³/mol. The van der Waals surface area contributed by atoms with E-state index in [0.29, 0.717) is 17.4 Å². The molecule has 0 aliphatic heterocycles. The molecule has 2 N–H and O–H groups in total. The van der Waals surface area contributed by atoms with Crippen LogP contribution in [0.2, 0.25) is 0 Å². The van der Waals surface area contributed by atoms with Crippen LogP contribution in [0.3, 0.4) is 0 Å². The molecule has 3 aromatic rings. The Labute approximate surface area is 175 Å². The number of fused-ring (bicyclic) bond motifs is 1. The number of H-pyrrole nitrogens is 1. The minimum Gasteiger partial charge on any atom is -0.353 e. The highest BCUT2D eigenvalue weighted by molar-refractivity contribution is 5.81. The summed E-state index contributed by atoms with van der Waals surface area (Å²) in [5.74, 6) is -0.264. The van der Waals surface area contributed by atoms with Gasteiger partial charge in [0.1, 0.15) is 6.54 Å². The number of nitrogens with one attached hydrogen (secondary N) is 2. The van der Waals surface area contributed by atoms with Gasteiger partial charge >= 0.3 is 5.69 Å². The van der Waals surface area contributed by atoms with Crippen LogP contribution in [-0.2, 0) is 17.8 Å². The lowest BCUT2D eigenvalue weighted by Crippen LogP contribution is -2.46. The summed E-state index contributed by atoms with van der Waals surface area (Å²) in [6.45, 7) is 6.31. The van der Waals surface area contributed by atoms with Gasteiger partial charge in [0.25, 0.3) is 5.56 Å². The molecular formula is C23H28N4O3. The molecule has 0 saturated carbocycles. The van der Waals surface area contributed by atoms with Crippen molar-refractivity contribution in [3.8, 4) is 0 Å². The van der Waals surface area contributed by atoms with Gasteiger partial charge < -0.3 is 5.32 Å². The van der Waals surface area contributed by atoms with E-state index in [-0.39, 0.29) is 18.5 Å². The molecule has 7 heteroatoms.